The molecule has 0 aliphatic carbocycles. The number of nitrogens with zero attached hydrogens (tertiary/aromatic N) is 4. The second-order valence-corrected chi connectivity index (χ2v) is 5.78. The van der Waals surface area contributed by atoms with Crippen LogP contribution in [0.25, 0.3) is 0 Å². The largest absolute Gasteiger partial charge is 0.479 e. The lowest BCUT2D eigenvalue weighted by Crippen LogP contribution is -2.75. The maximum Gasteiger partial charge on any atom is 0.343 e. The molecule has 0 aliphatic heterocycles. The third-order valence-corrected chi connectivity index (χ3v) is 3.40. The van der Waals surface area contributed by atoms with Crippen LogP contribution in [0.15, 0.2) is 12.7 Å². The van der Waals surface area contributed by atoms with Crippen molar-refractivity contribution in [3.63, 3.8) is 0 Å². The number of hydrogen-bond donors (Lipinski definition) is 1. The van der Waals surface area contributed by atoms with E-state index < -0.39 is 17.0 Å². The number of carbonyl (C=O) groups is 1. The highest BCUT2D eigenvalue weighted by Gasteiger charge is 2.58. The lowest BCUT2D eigenvalue weighted by molar-refractivity contribution is -0.275. The average molecular weight is 272 g/mol. The summed E-state index contributed by atoms with van der Waals surface area (Å²) in [5, 5.41) is 15.2. The van der Waals surface area contributed by atoms with E-state index in [1.165, 1.54) is 0 Å². The molecule has 112 valence electrons. The Morgan fingerprint density at radius 3 is 1.58 bits per heavy atom. The molecule has 0 aromatic carbocycles. The Balaban J connectivity index is 6.30. The number of rotatable bonds is 7. The first-order valence-electron chi connectivity index (χ1n) is 6.16. The molecule has 1 N–H and O–H groups in total. The zero-order valence-corrected chi connectivity index (χ0v) is 13.4. The van der Waals surface area contributed by atoms with Crippen LogP contribution in [0.3, 0.4) is 0 Å². The first-order valence-corrected chi connectivity index (χ1v) is 6.16. The van der Waals surface area contributed by atoms with E-state index in [0.717, 1.165) is 0 Å². The van der Waals surface area contributed by atoms with Gasteiger partial charge in [-0.15, -0.1) is 11.7 Å². The molecule has 0 heterocycles. The van der Waals surface area contributed by atoms with Crippen LogP contribution < -0.4 is 0 Å². The molecule has 0 amide bonds. The van der Waals surface area contributed by atoms with Crippen molar-refractivity contribution in [3.8, 4) is 0 Å². The van der Waals surface area contributed by atoms with Crippen LogP contribution in [0.5, 0.6) is 0 Å². The molecular formula is C13H28N4O2. The minimum Gasteiger partial charge on any atom is -0.479 e. The van der Waals surface area contributed by atoms with Gasteiger partial charge in [-0.25, -0.2) is 14.8 Å². The van der Waals surface area contributed by atoms with Crippen LogP contribution in [0.1, 0.15) is 13.8 Å². The van der Waals surface area contributed by atoms with E-state index in [1.807, 2.05) is 42.0 Å². The van der Waals surface area contributed by atoms with Gasteiger partial charge in [-0.05, 0) is 14.1 Å². The first-order chi connectivity index (χ1) is 8.46. The summed E-state index contributed by atoms with van der Waals surface area (Å²) in [7, 11) is 10.8. The highest BCUT2D eigenvalue weighted by Crippen LogP contribution is 2.40. The van der Waals surface area contributed by atoms with Gasteiger partial charge in [0.25, 0.3) is 0 Å². The van der Waals surface area contributed by atoms with Crippen LogP contribution in [0, 0.1) is 5.41 Å². The summed E-state index contributed by atoms with van der Waals surface area (Å²) < 4.78 is 0. The third kappa shape index (κ3) is 2.81. The summed E-state index contributed by atoms with van der Waals surface area (Å²) in [5.74, 6) is -0.926. The first kappa shape index (κ1) is 18.0. The fourth-order valence-corrected chi connectivity index (χ4v) is 2.64. The van der Waals surface area contributed by atoms with Gasteiger partial charge in [0.05, 0.1) is 0 Å². The SMILES string of the molecule is C=CC(C)(C)[C@](C(=O)O)(N(C)C)N(N(C)C)N(C)C. The van der Waals surface area contributed by atoms with Crippen LogP contribution in [0.4, 0.5) is 0 Å². The summed E-state index contributed by atoms with van der Waals surface area (Å²) in [6.07, 6.45) is 1.68. The van der Waals surface area contributed by atoms with E-state index in [9.17, 15) is 9.90 Å². The highest BCUT2D eigenvalue weighted by molar-refractivity contribution is 5.79. The maximum atomic E-state index is 12.1. The Morgan fingerprint density at radius 1 is 1.05 bits per heavy atom. The van der Waals surface area contributed by atoms with Gasteiger partial charge in [0.2, 0.25) is 5.66 Å². The van der Waals surface area contributed by atoms with Crippen molar-refractivity contribution in [1.29, 1.82) is 0 Å². The van der Waals surface area contributed by atoms with E-state index >= 15 is 0 Å². The second-order valence-electron chi connectivity index (χ2n) is 5.78. The lowest BCUT2D eigenvalue weighted by atomic mass is 9.77. The van der Waals surface area contributed by atoms with Crippen LogP contribution in [-0.4, -0.2) is 79.1 Å². The van der Waals surface area contributed by atoms with Crippen molar-refractivity contribution < 1.29 is 9.90 Å². The van der Waals surface area contributed by atoms with E-state index in [0.29, 0.717) is 0 Å². The zero-order valence-electron chi connectivity index (χ0n) is 13.4. The summed E-state index contributed by atoms with van der Waals surface area (Å²) in [4.78, 5) is 13.8. The van der Waals surface area contributed by atoms with Crippen molar-refractivity contribution in [2.75, 3.05) is 42.3 Å². The zero-order chi connectivity index (χ0) is 15.6. The standard InChI is InChI=1S/C13H28N4O2/c1-10-12(2,3)13(11(18)19,14(4)5)17(15(6)7)16(8)9/h10H,1H2,2-9H3,(H,18,19)/t13-/m1/s1. The molecule has 0 saturated carbocycles. The molecule has 0 saturated heterocycles. The highest BCUT2D eigenvalue weighted by atomic mass is 16.4. The smallest absolute Gasteiger partial charge is 0.343 e. The summed E-state index contributed by atoms with van der Waals surface area (Å²) in [5.41, 5.74) is -1.96. The Morgan fingerprint density at radius 2 is 1.42 bits per heavy atom. The number of aliphatic carboxylic acids is 1. The molecule has 0 radical (unpaired) electrons. The lowest BCUT2D eigenvalue weighted by Gasteiger charge is -2.55. The Hall–Kier alpha value is -0.950. The van der Waals surface area contributed by atoms with Crippen molar-refractivity contribution in [2.45, 2.75) is 19.5 Å². The number of carboxylic acids is 1. The number of carboxylic acid groups (broad SMARTS) is 1. The predicted molar refractivity (Wildman–Crippen MR) is 77.2 cm³/mol. The summed E-state index contributed by atoms with van der Waals surface area (Å²) >= 11 is 0. The monoisotopic (exact) mass is 272 g/mol. The second kappa shape index (κ2) is 6.00. The van der Waals surface area contributed by atoms with Gasteiger partial charge in [0.15, 0.2) is 0 Å². The van der Waals surface area contributed by atoms with Crippen LogP contribution >= 0.6 is 0 Å². The van der Waals surface area contributed by atoms with Crippen molar-refractivity contribution >= 4 is 5.97 Å². The molecule has 0 spiro atoms. The molecule has 0 aromatic rings. The number of likely N-dealkylation sites (N-methyl/N-ethyl adjacent to an activating group) is 1. The molecule has 6 heteroatoms. The minimum atomic E-state index is -1.28. The molecular weight excluding hydrogens is 244 g/mol. The van der Waals surface area contributed by atoms with Crippen molar-refractivity contribution in [1.82, 2.24) is 20.0 Å². The van der Waals surface area contributed by atoms with Gasteiger partial charge in [-0.2, -0.15) is 0 Å². The van der Waals surface area contributed by atoms with Crippen LogP contribution in [0.2, 0.25) is 0 Å². The molecule has 0 rings (SSSR count). The van der Waals surface area contributed by atoms with Gasteiger partial charge in [-0.1, -0.05) is 19.9 Å². The van der Waals surface area contributed by atoms with E-state index in [4.69, 9.17) is 0 Å². The maximum absolute atomic E-state index is 12.1. The summed E-state index contributed by atoms with van der Waals surface area (Å²) in [6, 6.07) is 0. The average Bonchev–Trinajstić information content (AvgIpc) is 2.22. The van der Waals surface area contributed by atoms with E-state index in [2.05, 4.69) is 6.58 Å². The van der Waals surface area contributed by atoms with Crippen LogP contribution in [-0.2, 0) is 4.79 Å². The fraction of sp³-hybridized carbons (Fsp3) is 0.769. The molecule has 0 unspecified atom stereocenters. The molecule has 1 atom stereocenters. The Labute approximate surface area is 116 Å². The van der Waals surface area contributed by atoms with E-state index in [1.54, 1.807) is 40.2 Å². The molecule has 19 heavy (non-hydrogen) atoms. The molecule has 0 fully saturated rings. The van der Waals surface area contributed by atoms with Crippen molar-refractivity contribution in [3.05, 3.63) is 12.7 Å². The normalized spacial score (nSPS) is 16.2. The third-order valence-electron chi connectivity index (χ3n) is 3.40. The number of hydrogen-bond acceptors (Lipinski definition) is 5. The van der Waals surface area contributed by atoms with Crippen molar-refractivity contribution in [2.24, 2.45) is 5.41 Å². The predicted octanol–water partition coefficient (Wildman–Crippen LogP) is 0.796. The molecule has 0 aromatic heterocycles. The molecule has 0 bridgehead atoms. The fourth-order valence-electron chi connectivity index (χ4n) is 2.64. The van der Waals surface area contributed by atoms with Gasteiger partial charge in [0, 0.05) is 33.6 Å². The Kier molecular flexibility index (Phi) is 5.70. The minimum absolute atomic E-state index is 0.684. The molecule has 0 aliphatic rings. The van der Waals surface area contributed by atoms with Gasteiger partial charge >= 0.3 is 5.97 Å². The topological polar surface area (TPSA) is 50.3 Å². The van der Waals surface area contributed by atoms with E-state index in [-0.39, 0.29) is 0 Å². The van der Waals surface area contributed by atoms with Gasteiger partial charge in [-0.3, -0.25) is 4.90 Å². The Bertz CT molecular complexity index is 332. The number of hydrazine groups is 2. The quantitative estimate of drug-likeness (QED) is 0.420. The van der Waals surface area contributed by atoms with Gasteiger partial charge in [0.1, 0.15) is 0 Å². The summed E-state index contributed by atoms with van der Waals surface area (Å²) in [6.45, 7) is 7.55. The molecule has 6 nitrogen and oxygen atoms in total. The van der Waals surface area contributed by atoms with Gasteiger partial charge < -0.3 is 5.11 Å².